The Morgan fingerprint density at radius 1 is 1.24 bits per heavy atom. The highest BCUT2D eigenvalue weighted by atomic mass is 32.2. The van der Waals surface area contributed by atoms with E-state index >= 15 is 0 Å². The van der Waals surface area contributed by atoms with E-state index in [1.165, 1.54) is 24.3 Å². The molecule has 0 radical (unpaired) electrons. The Balaban J connectivity index is 1.81. The molecular formula is C15H18N2O3S. The van der Waals surface area contributed by atoms with Gasteiger partial charge in [-0.3, -0.25) is 0 Å². The largest absolute Gasteiger partial charge is 0.396 e. The van der Waals surface area contributed by atoms with Crippen molar-refractivity contribution in [3.8, 4) is 6.07 Å². The minimum Gasteiger partial charge on any atom is -0.396 e. The van der Waals surface area contributed by atoms with Crippen LogP contribution in [-0.2, 0) is 10.0 Å². The molecule has 3 rings (SSSR count). The first-order valence-electron chi connectivity index (χ1n) is 7.18. The molecule has 2 N–H and O–H groups in total. The van der Waals surface area contributed by atoms with Crippen molar-refractivity contribution in [3.63, 3.8) is 0 Å². The molecule has 0 spiro atoms. The number of fused-ring (bicyclic) bond motifs is 2. The van der Waals surface area contributed by atoms with Crippen molar-refractivity contribution in [2.45, 2.75) is 30.2 Å². The Kier molecular flexibility index (Phi) is 3.74. The monoisotopic (exact) mass is 306 g/mol. The highest BCUT2D eigenvalue weighted by molar-refractivity contribution is 7.89. The fraction of sp³-hybridized carbons (Fsp3) is 0.533. The van der Waals surface area contributed by atoms with Crippen molar-refractivity contribution >= 4 is 10.0 Å². The molecule has 2 saturated carbocycles. The molecule has 0 heterocycles. The van der Waals surface area contributed by atoms with Gasteiger partial charge in [-0.2, -0.15) is 5.26 Å². The molecule has 5 nitrogen and oxygen atoms in total. The van der Waals surface area contributed by atoms with Crippen LogP contribution < -0.4 is 4.72 Å². The van der Waals surface area contributed by atoms with Gasteiger partial charge >= 0.3 is 0 Å². The van der Waals surface area contributed by atoms with E-state index in [9.17, 15) is 13.5 Å². The molecule has 1 aromatic carbocycles. The average Bonchev–Trinajstić information content (AvgIpc) is 3.08. The van der Waals surface area contributed by atoms with Gasteiger partial charge in [-0.15, -0.1) is 0 Å². The maximum absolute atomic E-state index is 12.4. The van der Waals surface area contributed by atoms with E-state index in [1.807, 2.05) is 6.07 Å². The molecule has 2 fully saturated rings. The number of hydrogen-bond donors (Lipinski definition) is 2. The summed E-state index contributed by atoms with van der Waals surface area (Å²) in [6.07, 6.45) is 3.12. The van der Waals surface area contributed by atoms with Gasteiger partial charge in [0, 0.05) is 18.6 Å². The zero-order valence-electron chi connectivity index (χ0n) is 11.6. The fourth-order valence-electron chi connectivity index (χ4n) is 3.81. The number of aliphatic hydroxyl groups is 1. The van der Waals surface area contributed by atoms with Gasteiger partial charge < -0.3 is 5.11 Å². The summed E-state index contributed by atoms with van der Waals surface area (Å²) in [5.41, 5.74) is 0.433. The third kappa shape index (κ3) is 2.57. The Bertz CT molecular complexity index is 663. The number of nitrogens with one attached hydrogen (secondary N) is 1. The van der Waals surface area contributed by atoms with Crippen LogP contribution in [0.15, 0.2) is 29.2 Å². The third-order valence-electron chi connectivity index (χ3n) is 4.88. The van der Waals surface area contributed by atoms with E-state index in [0.29, 0.717) is 17.4 Å². The molecule has 112 valence electrons. The van der Waals surface area contributed by atoms with Crippen molar-refractivity contribution in [2.75, 3.05) is 6.61 Å². The lowest BCUT2D eigenvalue weighted by molar-refractivity contribution is 0.153. The van der Waals surface area contributed by atoms with Crippen LogP contribution in [0.2, 0.25) is 0 Å². The van der Waals surface area contributed by atoms with E-state index in [2.05, 4.69) is 4.72 Å². The average molecular weight is 306 g/mol. The highest BCUT2D eigenvalue weighted by Crippen LogP contribution is 2.48. The lowest BCUT2D eigenvalue weighted by atomic mass is 9.86. The van der Waals surface area contributed by atoms with E-state index in [4.69, 9.17) is 5.26 Å². The van der Waals surface area contributed by atoms with Gasteiger partial charge in [0.2, 0.25) is 10.0 Å². The van der Waals surface area contributed by atoms with Crippen LogP contribution in [0.5, 0.6) is 0 Å². The van der Waals surface area contributed by atoms with Crippen LogP contribution in [0.1, 0.15) is 24.8 Å². The summed E-state index contributed by atoms with van der Waals surface area (Å²) in [6, 6.07) is 7.69. The summed E-state index contributed by atoms with van der Waals surface area (Å²) in [5.74, 6) is 0.797. The number of aliphatic hydroxyl groups excluding tert-OH is 1. The summed E-state index contributed by atoms with van der Waals surface area (Å²) in [4.78, 5) is 0.168. The summed E-state index contributed by atoms with van der Waals surface area (Å²) >= 11 is 0. The van der Waals surface area contributed by atoms with E-state index < -0.39 is 10.0 Å². The molecule has 4 unspecified atom stereocenters. The molecule has 2 bridgehead atoms. The summed E-state index contributed by atoms with van der Waals surface area (Å²) < 4.78 is 27.7. The smallest absolute Gasteiger partial charge is 0.240 e. The first-order chi connectivity index (χ1) is 10.0. The Labute approximate surface area is 124 Å². The molecule has 0 aliphatic heterocycles. The molecular weight excluding hydrogens is 288 g/mol. The van der Waals surface area contributed by atoms with Crippen LogP contribution in [0, 0.1) is 29.1 Å². The fourth-order valence-corrected chi connectivity index (χ4v) is 5.17. The van der Waals surface area contributed by atoms with Crippen LogP contribution in [0.4, 0.5) is 0 Å². The van der Waals surface area contributed by atoms with E-state index in [1.54, 1.807) is 0 Å². The molecule has 1 aromatic rings. The maximum Gasteiger partial charge on any atom is 0.240 e. The molecule has 6 heteroatoms. The van der Waals surface area contributed by atoms with E-state index in [0.717, 1.165) is 19.3 Å². The first-order valence-corrected chi connectivity index (χ1v) is 8.67. The molecule has 2 aliphatic rings. The van der Waals surface area contributed by atoms with Gasteiger partial charge in [0.1, 0.15) is 0 Å². The van der Waals surface area contributed by atoms with Crippen molar-refractivity contribution < 1.29 is 13.5 Å². The number of nitriles is 1. The van der Waals surface area contributed by atoms with Crippen molar-refractivity contribution in [3.05, 3.63) is 29.8 Å². The summed E-state index contributed by atoms with van der Waals surface area (Å²) in [7, 11) is -3.60. The van der Waals surface area contributed by atoms with Crippen LogP contribution in [-0.4, -0.2) is 26.2 Å². The second-order valence-electron chi connectivity index (χ2n) is 5.96. The van der Waals surface area contributed by atoms with Gasteiger partial charge in [0.15, 0.2) is 0 Å². The van der Waals surface area contributed by atoms with Gasteiger partial charge in [-0.1, -0.05) is 0 Å². The number of benzene rings is 1. The lowest BCUT2D eigenvalue weighted by Gasteiger charge is -2.30. The number of hydrogen-bond acceptors (Lipinski definition) is 4. The highest BCUT2D eigenvalue weighted by Gasteiger charge is 2.48. The van der Waals surface area contributed by atoms with Crippen LogP contribution in [0.25, 0.3) is 0 Å². The minimum atomic E-state index is -3.60. The van der Waals surface area contributed by atoms with Crippen LogP contribution >= 0.6 is 0 Å². The molecule has 0 aromatic heterocycles. The first kappa shape index (κ1) is 14.5. The standard InChI is InChI=1S/C15H18N2O3S/c16-8-10-1-5-13(6-2-10)21(19,20)17-15-12-4-3-11(7-12)14(15)9-18/h1-2,5-6,11-12,14-15,17-18H,3-4,7,9H2. The van der Waals surface area contributed by atoms with E-state index in [-0.39, 0.29) is 23.5 Å². The second-order valence-corrected chi connectivity index (χ2v) is 7.68. The maximum atomic E-state index is 12.4. The lowest BCUT2D eigenvalue weighted by Crippen LogP contribution is -2.45. The van der Waals surface area contributed by atoms with Crippen molar-refractivity contribution in [2.24, 2.45) is 17.8 Å². The zero-order valence-corrected chi connectivity index (χ0v) is 12.4. The topological polar surface area (TPSA) is 90.2 Å². The predicted molar refractivity (Wildman–Crippen MR) is 76.7 cm³/mol. The van der Waals surface area contributed by atoms with Crippen molar-refractivity contribution in [1.82, 2.24) is 4.72 Å². The van der Waals surface area contributed by atoms with Gasteiger partial charge in [0.25, 0.3) is 0 Å². The summed E-state index contributed by atoms with van der Waals surface area (Å²) in [5, 5.41) is 18.3. The Hall–Kier alpha value is -1.42. The molecule has 2 aliphatic carbocycles. The molecule has 21 heavy (non-hydrogen) atoms. The third-order valence-corrected chi connectivity index (χ3v) is 6.36. The molecule has 0 saturated heterocycles. The normalized spacial score (nSPS) is 31.2. The van der Waals surface area contributed by atoms with Gasteiger partial charge in [0.05, 0.1) is 16.5 Å². The quantitative estimate of drug-likeness (QED) is 0.876. The SMILES string of the molecule is N#Cc1ccc(S(=O)(=O)NC2C3CCC(C3)C2CO)cc1. The zero-order chi connectivity index (χ0) is 15.0. The molecule has 4 atom stereocenters. The predicted octanol–water partition coefficient (Wildman–Crippen LogP) is 1.24. The Morgan fingerprint density at radius 3 is 2.52 bits per heavy atom. The second kappa shape index (κ2) is 5.41. The van der Waals surface area contributed by atoms with Gasteiger partial charge in [-0.05, 0) is 55.4 Å². The molecule has 0 amide bonds. The Morgan fingerprint density at radius 2 is 1.90 bits per heavy atom. The van der Waals surface area contributed by atoms with Crippen LogP contribution in [0.3, 0.4) is 0 Å². The number of sulfonamides is 1. The summed E-state index contributed by atoms with van der Waals surface area (Å²) in [6.45, 7) is 0.0295. The minimum absolute atomic E-state index is 0.0249. The number of nitrogens with zero attached hydrogens (tertiary/aromatic N) is 1. The number of rotatable bonds is 4. The van der Waals surface area contributed by atoms with Crippen molar-refractivity contribution in [1.29, 1.82) is 5.26 Å². The van der Waals surface area contributed by atoms with Gasteiger partial charge in [-0.25, -0.2) is 13.1 Å².